The Kier molecular flexibility index (Phi) is 4.37. The Morgan fingerprint density at radius 1 is 1.17 bits per heavy atom. The summed E-state index contributed by atoms with van der Waals surface area (Å²) in [5, 5.41) is 2.68. The van der Waals surface area contributed by atoms with Crippen LogP contribution in [-0.2, 0) is 10.0 Å². The molecule has 0 unspecified atom stereocenters. The van der Waals surface area contributed by atoms with Crippen molar-refractivity contribution < 1.29 is 8.42 Å². The van der Waals surface area contributed by atoms with Gasteiger partial charge in [0, 0.05) is 31.4 Å². The van der Waals surface area contributed by atoms with Crippen LogP contribution in [0.15, 0.2) is 46.4 Å². The van der Waals surface area contributed by atoms with Crippen LogP contribution in [0.1, 0.15) is 6.42 Å². The molecule has 0 radical (unpaired) electrons. The van der Waals surface area contributed by atoms with E-state index in [0.717, 1.165) is 21.0 Å². The smallest absolute Gasteiger partial charge is 0.313 e. The number of fused-ring (bicyclic) bond motifs is 2. The summed E-state index contributed by atoms with van der Waals surface area (Å²) in [4.78, 5) is 17.8. The van der Waals surface area contributed by atoms with E-state index >= 15 is 0 Å². The van der Waals surface area contributed by atoms with E-state index in [1.807, 2.05) is 6.08 Å². The van der Waals surface area contributed by atoms with Crippen molar-refractivity contribution in [2.75, 3.05) is 13.1 Å². The first-order valence-corrected chi connectivity index (χ1v) is 11.6. The van der Waals surface area contributed by atoms with Crippen LogP contribution in [0.3, 0.4) is 0 Å². The Hall–Kier alpha value is -2.11. The van der Waals surface area contributed by atoms with Gasteiger partial charge in [-0.15, -0.1) is 0 Å². The number of rotatable bonds is 3. The second-order valence-corrected chi connectivity index (χ2v) is 10.1. The molecule has 12 heteroatoms. The third kappa shape index (κ3) is 2.78. The molecule has 5 rings (SSSR count). The molecule has 8 nitrogen and oxygen atoms in total. The van der Waals surface area contributed by atoms with E-state index in [2.05, 4.69) is 10.3 Å². The number of para-hydroxylation sites is 2. The number of nitrogens with zero attached hydrogens (tertiary/aromatic N) is 4. The van der Waals surface area contributed by atoms with Gasteiger partial charge in [0.25, 0.3) is 10.0 Å². The molecule has 1 aromatic carbocycles. The van der Waals surface area contributed by atoms with Crippen molar-refractivity contribution in [2.24, 2.45) is 0 Å². The Balaban J connectivity index is 1.85. The van der Waals surface area contributed by atoms with Crippen LogP contribution < -0.4 is 11.0 Å². The summed E-state index contributed by atoms with van der Waals surface area (Å²) in [7, 11) is -4.36. The molecule has 0 bridgehead atoms. The third-order valence-electron chi connectivity index (χ3n) is 4.73. The minimum Gasteiger partial charge on any atom is -0.313 e. The number of imidazole rings is 2. The van der Waals surface area contributed by atoms with Crippen molar-refractivity contribution in [1.29, 1.82) is 0 Å². The molecule has 0 saturated heterocycles. The van der Waals surface area contributed by atoms with Gasteiger partial charge in [-0.2, -0.15) is 12.4 Å². The fraction of sp³-hybridized carbons (Fsp3) is 0.176. The molecule has 150 valence electrons. The Bertz CT molecular complexity index is 1480. The summed E-state index contributed by atoms with van der Waals surface area (Å²) in [5.41, 5.74) is 0.854. The molecule has 0 spiro atoms. The molecule has 1 aliphatic rings. The minimum atomic E-state index is -4.36. The van der Waals surface area contributed by atoms with Gasteiger partial charge in [-0.3, -0.25) is 8.97 Å². The summed E-state index contributed by atoms with van der Waals surface area (Å²) in [6.07, 6.45) is 3.91. The number of benzene rings is 1. The Labute approximate surface area is 178 Å². The molecular formula is C17H13Cl2N5O3S2. The number of nitrogens with one attached hydrogen (secondary N) is 1. The van der Waals surface area contributed by atoms with E-state index in [1.165, 1.54) is 15.2 Å². The summed E-state index contributed by atoms with van der Waals surface area (Å²) in [5.74, 6) is 0. The van der Waals surface area contributed by atoms with Gasteiger partial charge in [0.05, 0.1) is 11.0 Å². The lowest BCUT2D eigenvalue weighted by Crippen LogP contribution is -2.32. The van der Waals surface area contributed by atoms with Gasteiger partial charge in [-0.25, -0.2) is 9.78 Å². The summed E-state index contributed by atoms with van der Waals surface area (Å²) < 4.78 is 31.1. The van der Waals surface area contributed by atoms with Crippen LogP contribution in [0.2, 0.25) is 9.49 Å². The van der Waals surface area contributed by atoms with Crippen LogP contribution in [0.25, 0.3) is 21.7 Å². The van der Waals surface area contributed by atoms with Crippen molar-refractivity contribution in [3.8, 4) is 0 Å². The average Bonchev–Trinajstić information content (AvgIpc) is 3.28. The van der Waals surface area contributed by atoms with E-state index in [0.29, 0.717) is 34.3 Å². The van der Waals surface area contributed by atoms with Gasteiger partial charge < -0.3 is 5.32 Å². The van der Waals surface area contributed by atoms with Crippen molar-refractivity contribution in [1.82, 2.24) is 23.2 Å². The number of hydrogen-bond donors (Lipinski definition) is 1. The van der Waals surface area contributed by atoms with E-state index < -0.39 is 15.7 Å². The SMILES string of the molecule is O=c1n(C2=CCNCC2)c2ccccc2n1S(=O)(=O)c1c(Cl)nc2sc(Cl)cn12. The van der Waals surface area contributed by atoms with Crippen molar-refractivity contribution in [3.05, 3.63) is 56.5 Å². The normalized spacial score (nSPS) is 15.3. The van der Waals surface area contributed by atoms with E-state index in [-0.39, 0.29) is 15.7 Å². The molecule has 29 heavy (non-hydrogen) atoms. The maximum absolute atomic E-state index is 13.6. The highest BCUT2D eigenvalue weighted by atomic mass is 35.5. The second kappa shape index (κ2) is 6.71. The summed E-state index contributed by atoms with van der Waals surface area (Å²) in [6, 6.07) is 6.77. The lowest BCUT2D eigenvalue weighted by Gasteiger charge is -2.14. The number of hydrogen-bond acceptors (Lipinski definition) is 6. The van der Waals surface area contributed by atoms with Crippen LogP contribution in [0.5, 0.6) is 0 Å². The highest BCUT2D eigenvalue weighted by molar-refractivity contribution is 7.90. The van der Waals surface area contributed by atoms with E-state index in [1.54, 1.807) is 24.3 Å². The Morgan fingerprint density at radius 2 is 1.93 bits per heavy atom. The second-order valence-electron chi connectivity index (χ2n) is 6.42. The highest BCUT2D eigenvalue weighted by Crippen LogP contribution is 2.32. The average molecular weight is 470 g/mol. The lowest BCUT2D eigenvalue weighted by atomic mass is 10.2. The molecule has 1 N–H and O–H groups in total. The van der Waals surface area contributed by atoms with Crippen LogP contribution in [-0.4, -0.2) is 39.4 Å². The summed E-state index contributed by atoms with van der Waals surface area (Å²) >= 11 is 13.3. The maximum Gasteiger partial charge on any atom is 0.347 e. The van der Waals surface area contributed by atoms with Gasteiger partial charge in [0.15, 0.2) is 10.1 Å². The first-order valence-electron chi connectivity index (χ1n) is 8.60. The first kappa shape index (κ1) is 18.9. The van der Waals surface area contributed by atoms with E-state index in [9.17, 15) is 13.2 Å². The van der Waals surface area contributed by atoms with Crippen LogP contribution >= 0.6 is 34.5 Å². The Morgan fingerprint density at radius 3 is 2.66 bits per heavy atom. The van der Waals surface area contributed by atoms with Gasteiger partial charge in [0.2, 0.25) is 5.03 Å². The molecule has 3 aromatic heterocycles. The third-order valence-corrected chi connectivity index (χ3v) is 7.92. The topological polar surface area (TPSA) is 90.4 Å². The number of thiazole rings is 1. The zero-order valence-corrected chi connectivity index (χ0v) is 17.8. The molecule has 4 aromatic rings. The van der Waals surface area contributed by atoms with Crippen molar-refractivity contribution in [3.63, 3.8) is 0 Å². The van der Waals surface area contributed by atoms with Gasteiger partial charge in [-0.1, -0.05) is 52.7 Å². The molecule has 0 fully saturated rings. The quantitative estimate of drug-likeness (QED) is 0.498. The fourth-order valence-corrected chi connectivity index (χ4v) is 6.64. The number of aromatic nitrogens is 4. The van der Waals surface area contributed by atoms with Gasteiger partial charge in [-0.05, 0) is 12.1 Å². The largest absolute Gasteiger partial charge is 0.347 e. The highest BCUT2D eigenvalue weighted by Gasteiger charge is 2.32. The molecule has 0 amide bonds. The molecular weight excluding hydrogens is 457 g/mol. The monoisotopic (exact) mass is 469 g/mol. The zero-order chi connectivity index (χ0) is 20.3. The van der Waals surface area contributed by atoms with Gasteiger partial charge in [0.1, 0.15) is 4.34 Å². The zero-order valence-electron chi connectivity index (χ0n) is 14.7. The van der Waals surface area contributed by atoms with Crippen LogP contribution in [0, 0.1) is 0 Å². The first-order chi connectivity index (χ1) is 13.9. The predicted octanol–water partition coefficient (Wildman–Crippen LogP) is 2.89. The minimum absolute atomic E-state index is 0.210. The molecule has 1 aliphatic heterocycles. The standard InChI is InChI=1S/C17H13Cl2N5O3S2/c18-13-9-22-15(14(19)21-16(22)28-13)29(26,27)24-12-4-2-1-3-11(12)23(17(24)25)10-5-7-20-8-6-10/h1-5,9,20H,6-8H2. The predicted molar refractivity (Wildman–Crippen MR) is 114 cm³/mol. The van der Waals surface area contributed by atoms with Crippen LogP contribution in [0.4, 0.5) is 0 Å². The van der Waals surface area contributed by atoms with Gasteiger partial charge >= 0.3 is 5.69 Å². The van der Waals surface area contributed by atoms with Crippen molar-refractivity contribution >= 4 is 66.3 Å². The van der Waals surface area contributed by atoms with E-state index in [4.69, 9.17) is 23.2 Å². The molecule has 4 heterocycles. The number of halogens is 2. The maximum atomic E-state index is 13.6. The summed E-state index contributed by atoms with van der Waals surface area (Å²) in [6.45, 7) is 1.31. The molecule has 0 saturated carbocycles. The molecule has 0 atom stereocenters. The fourth-order valence-electron chi connectivity index (χ4n) is 3.54. The lowest BCUT2D eigenvalue weighted by molar-refractivity contribution is 0.581. The van der Waals surface area contributed by atoms with Crippen molar-refractivity contribution in [2.45, 2.75) is 11.4 Å². The molecule has 0 aliphatic carbocycles.